The summed E-state index contributed by atoms with van der Waals surface area (Å²) >= 11 is 1.82. The summed E-state index contributed by atoms with van der Waals surface area (Å²) in [4.78, 5) is 9.66. The molecule has 1 aliphatic rings. The van der Waals surface area contributed by atoms with Gasteiger partial charge in [-0.1, -0.05) is 193 Å². The van der Waals surface area contributed by atoms with Gasteiger partial charge in [-0.3, -0.25) is 0 Å². The molecule has 0 N–H and O–H groups in total. The molecule has 12 rings (SSSR count). The van der Waals surface area contributed by atoms with Gasteiger partial charge in [0.25, 0.3) is 0 Å². The Bertz CT molecular complexity index is 4130. The van der Waals surface area contributed by atoms with Crippen LogP contribution >= 0.6 is 11.3 Å². The molecule has 420 valence electrons. The molecule has 0 bridgehead atoms. The maximum absolute atomic E-state index is 9.43. The average molecular weight is 1280 g/mol. The second-order valence-corrected chi connectivity index (χ2v) is 27.3. The van der Waals surface area contributed by atoms with Crippen molar-refractivity contribution in [2.75, 3.05) is 9.80 Å². The van der Waals surface area contributed by atoms with Gasteiger partial charge in [0.2, 0.25) is 0 Å². The first-order valence-electron chi connectivity index (χ1n) is 29.4. The fourth-order valence-electron chi connectivity index (χ4n) is 11.7. The van der Waals surface area contributed by atoms with E-state index in [2.05, 4.69) is 270 Å². The molecular formula is C75H75N4OPtS-3. The SMILES string of the molecule is [2H]C(CC)(CC)c1ccnc(-n2c3[c-]c(Oc4[c-]c(N5[CH-]N(c6c(-c7cc(C(C)(C)C)cc(C(C)(C)C)c7)cccc6-c6cc(C(C)(C)C)cc(C(C)(C)C)c6)c6ccccc65)ccc4)ccc3c3c4sc5ccccc5c4ccc32)c1.[Pt]. The Kier molecular flexibility index (Phi) is 14.4. The molecule has 0 unspecified atom stereocenters. The van der Waals surface area contributed by atoms with Crippen LogP contribution in [0.4, 0.5) is 22.7 Å². The minimum Gasteiger partial charge on any atom is -0.509 e. The summed E-state index contributed by atoms with van der Waals surface area (Å²) in [5.74, 6) is 1.16. The van der Waals surface area contributed by atoms with Gasteiger partial charge in [0.1, 0.15) is 5.82 Å². The Morgan fingerprint density at radius 2 is 1.11 bits per heavy atom. The second kappa shape index (κ2) is 21.3. The summed E-state index contributed by atoms with van der Waals surface area (Å²) in [6, 6.07) is 65.1. The average Bonchev–Trinajstić information content (AvgIpc) is 2.52. The van der Waals surface area contributed by atoms with E-state index in [4.69, 9.17) is 9.72 Å². The van der Waals surface area contributed by atoms with Crippen LogP contribution in [0, 0.1) is 18.8 Å². The predicted molar refractivity (Wildman–Crippen MR) is 346 cm³/mol. The third-order valence-corrected chi connectivity index (χ3v) is 17.7. The van der Waals surface area contributed by atoms with E-state index in [1.165, 1.54) is 53.6 Å². The van der Waals surface area contributed by atoms with Crippen molar-refractivity contribution in [3.63, 3.8) is 0 Å². The van der Waals surface area contributed by atoms with Gasteiger partial charge < -0.3 is 19.1 Å². The van der Waals surface area contributed by atoms with Crippen LogP contribution in [0.3, 0.4) is 0 Å². The third kappa shape index (κ3) is 10.4. The molecular weight excluding hydrogens is 1200 g/mol. The van der Waals surface area contributed by atoms with Crippen LogP contribution in [0.15, 0.2) is 164 Å². The van der Waals surface area contributed by atoms with Crippen molar-refractivity contribution >= 4 is 76.1 Å². The molecule has 0 spiro atoms. The van der Waals surface area contributed by atoms with E-state index in [1.807, 2.05) is 35.7 Å². The van der Waals surface area contributed by atoms with Crippen LogP contribution in [0.5, 0.6) is 11.5 Å². The van der Waals surface area contributed by atoms with Crippen LogP contribution in [-0.4, -0.2) is 9.55 Å². The summed E-state index contributed by atoms with van der Waals surface area (Å²) in [5.41, 5.74) is 16.6. The van der Waals surface area contributed by atoms with Gasteiger partial charge in [-0.15, -0.1) is 59.4 Å². The first-order valence-corrected chi connectivity index (χ1v) is 29.7. The summed E-state index contributed by atoms with van der Waals surface area (Å²) in [6.45, 7) is 34.3. The largest absolute Gasteiger partial charge is 0.509 e. The first kappa shape index (κ1) is 55.5. The minimum absolute atomic E-state index is 0. The summed E-state index contributed by atoms with van der Waals surface area (Å²) < 4.78 is 21.0. The van der Waals surface area contributed by atoms with E-state index in [-0.39, 0.29) is 42.7 Å². The smallest absolute Gasteiger partial charge is 0.135 e. The Hall–Kier alpha value is -6.98. The molecule has 0 radical (unpaired) electrons. The number of hydrogen-bond donors (Lipinski definition) is 0. The predicted octanol–water partition coefficient (Wildman–Crippen LogP) is 21.8. The van der Waals surface area contributed by atoms with Crippen LogP contribution in [0.2, 0.25) is 0 Å². The Morgan fingerprint density at radius 3 is 1.71 bits per heavy atom. The van der Waals surface area contributed by atoms with Gasteiger partial charge in [-0.25, -0.2) is 4.98 Å². The Labute approximate surface area is 506 Å². The Morgan fingerprint density at radius 1 is 0.561 bits per heavy atom. The number of aromatic nitrogens is 2. The fourth-order valence-corrected chi connectivity index (χ4v) is 13.0. The first-order chi connectivity index (χ1) is 38.9. The quantitative estimate of drug-likeness (QED) is 0.128. The molecule has 11 aromatic rings. The molecule has 0 atom stereocenters. The van der Waals surface area contributed by atoms with Crippen LogP contribution in [0.1, 0.15) is 145 Å². The summed E-state index contributed by atoms with van der Waals surface area (Å²) in [5, 5.41) is 4.71. The second-order valence-electron chi connectivity index (χ2n) is 26.2. The molecule has 0 saturated heterocycles. The Balaban J connectivity index is 0.00000721. The zero-order valence-electron chi connectivity index (χ0n) is 51.0. The minimum atomic E-state index is -0.730. The maximum Gasteiger partial charge on any atom is 0.135 e. The molecule has 5 nitrogen and oxygen atoms in total. The molecule has 0 amide bonds. The van der Waals surface area contributed by atoms with Crippen molar-refractivity contribution in [1.82, 2.24) is 9.55 Å². The molecule has 0 fully saturated rings. The zero-order valence-corrected chi connectivity index (χ0v) is 53.1. The number of hydrogen-bond acceptors (Lipinski definition) is 5. The van der Waals surface area contributed by atoms with Crippen molar-refractivity contribution in [2.45, 2.75) is 137 Å². The summed E-state index contributed by atoms with van der Waals surface area (Å²) in [7, 11) is 0. The van der Waals surface area contributed by atoms with Crippen molar-refractivity contribution < 1.29 is 27.2 Å². The molecule has 7 heteroatoms. The van der Waals surface area contributed by atoms with E-state index >= 15 is 0 Å². The van der Waals surface area contributed by atoms with E-state index in [9.17, 15) is 1.37 Å². The molecule has 0 aliphatic carbocycles. The van der Waals surface area contributed by atoms with Crippen molar-refractivity contribution in [3.05, 3.63) is 211 Å². The molecule has 8 aromatic carbocycles. The molecule has 82 heavy (non-hydrogen) atoms. The number of anilines is 4. The van der Waals surface area contributed by atoms with Gasteiger partial charge in [-0.05, 0) is 121 Å². The van der Waals surface area contributed by atoms with Crippen LogP contribution < -0.4 is 14.5 Å². The third-order valence-electron chi connectivity index (χ3n) is 16.5. The molecule has 3 aromatic heterocycles. The summed E-state index contributed by atoms with van der Waals surface area (Å²) in [6.07, 6.45) is 3.25. The molecule has 0 saturated carbocycles. The van der Waals surface area contributed by atoms with E-state index in [1.54, 1.807) is 0 Å². The number of ether oxygens (including phenoxy) is 1. The van der Waals surface area contributed by atoms with Gasteiger partial charge >= 0.3 is 0 Å². The molecule has 1 aliphatic heterocycles. The number of pyridine rings is 1. The number of para-hydroxylation sites is 3. The number of thiophene rings is 1. The van der Waals surface area contributed by atoms with Gasteiger partial charge in [0.05, 0.1) is 0 Å². The van der Waals surface area contributed by atoms with Gasteiger partial charge in [-0.2, -0.15) is 12.1 Å². The van der Waals surface area contributed by atoms with E-state index < -0.39 is 5.89 Å². The maximum atomic E-state index is 9.43. The topological polar surface area (TPSA) is 33.5 Å². The molecule has 4 heterocycles. The van der Waals surface area contributed by atoms with Crippen molar-refractivity contribution in [2.24, 2.45) is 0 Å². The normalized spacial score (nSPS) is 13.6. The standard InChI is InChI=1S/C75H75N4OS.Pt/c1-15-47(16-2)48-35-36-76-68(41-48)79-65-34-33-61-60-25-17-20-30-67(60)81-71(61)69(65)62-32-31-57(45-66(62)79)80-56-24-21-23-55(44-56)77-46-78(64-29-19-18-28-63(64)77)70-58(49-37-51(72(3,4)5)42-52(38-49)73(6,7)8)26-22-27-59(70)50-39-53(74(9,10)11)43-54(40-50)75(12,13)14;/h17-43,46-47H,15-16H2,1-14H3;/q-3;/i47D;. The number of benzene rings is 8. The monoisotopic (exact) mass is 1280 g/mol. The van der Waals surface area contributed by atoms with E-state index in [0.29, 0.717) is 24.3 Å². The van der Waals surface area contributed by atoms with Crippen molar-refractivity contribution in [3.8, 4) is 39.6 Å². The van der Waals surface area contributed by atoms with Crippen LogP contribution in [-0.2, 0) is 42.7 Å². The number of nitrogens with zero attached hydrogens (tertiary/aromatic N) is 4. The van der Waals surface area contributed by atoms with Gasteiger partial charge in [0.15, 0.2) is 0 Å². The van der Waals surface area contributed by atoms with Gasteiger partial charge in [0, 0.05) is 94.0 Å². The van der Waals surface area contributed by atoms with Crippen molar-refractivity contribution in [1.29, 1.82) is 0 Å². The van der Waals surface area contributed by atoms with E-state index in [0.717, 1.165) is 67.1 Å². The fraction of sp³-hybridized carbons (Fsp3) is 0.280. The number of fused-ring (bicyclic) bond motifs is 8. The van der Waals surface area contributed by atoms with Crippen LogP contribution in [0.25, 0.3) is 70.0 Å². The number of rotatable bonds is 10. The zero-order chi connectivity index (χ0) is 57.8.